The Morgan fingerprint density at radius 3 is 2.53 bits per heavy atom. The second kappa shape index (κ2) is 5.78. The molecular weight excluding hydrogens is 329 g/mol. The SMILES string of the molecule is C[C@@H]1CCCN(S(=O)(=O)c2ccc(Cl)c(Cl)c2Cl)C1. The summed E-state index contributed by atoms with van der Waals surface area (Å²) in [6.45, 7) is 3.07. The van der Waals surface area contributed by atoms with Crippen LogP contribution in [-0.2, 0) is 10.0 Å². The van der Waals surface area contributed by atoms with Gasteiger partial charge in [-0.3, -0.25) is 0 Å². The lowest BCUT2D eigenvalue weighted by atomic mass is 10.0. The highest BCUT2D eigenvalue weighted by molar-refractivity contribution is 7.89. The number of halogens is 3. The summed E-state index contributed by atoms with van der Waals surface area (Å²) in [7, 11) is -3.61. The number of sulfonamides is 1. The molecule has 1 aromatic carbocycles. The third kappa shape index (κ3) is 3.03. The summed E-state index contributed by atoms with van der Waals surface area (Å²) in [5.41, 5.74) is 0. The van der Waals surface area contributed by atoms with Gasteiger partial charge in [0.25, 0.3) is 0 Å². The van der Waals surface area contributed by atoms with Gasteiger partial charge in [0.05, 0.1) is 15.1 Å². The average molecular weight is 343 g/mol. The van der Waals surface area contributed by atoms with Crippen molar-refractivity contribution in [2.45, 2.75) is 24.7 Å². The Morgan fingerprint density at radius 2 is 1.89 bits per heavy atom. The molecule has 0 N–H and O–H groups in total. The summed E-state index contributed by atoms with van der Waals surface area (Å²) in [4.78, 5) is 0.0256. The molecule has 19 heavy (non-hydrogen) atoms. The second-order valence-electron chi connectivity index (χ2n) is 4.78. The molecule has 0 saturated carbocycles. The van der Waals surface area contributed by atoms with Crippen LogP contribution >= 0.6 is 34.8 Å². The molecule has 0 unspecified atom stereocenters. The quantitative estimate of drug-likeness (QED) is 0.760. The van der Waals surface area contributed by atoms with Gasteiger partial charge < -0.3 is 0 Å². The highest BCUT2D eigenvalue weighted by Crippen LogP contribution is 2.36. The largest absolute Gasteiger partial charge is 0.244 e. The molecule has 1 fully saturated rings. The first kappa shape index (κ1) is 15.4. The van der Waals surface area contributed by atoms with E-state index in [4.69, 9.17) is 34.8 Å². The van der Waals surface area contributed by atoms with Crippen molar-refractivity contribution in [2.24, 2.45) is 5.92 Å². The van der Waals surface area contributed by atoms with Crippen LogP contribution in [0.1, 0.15) is 19.8 Å². The zero-order valence-electron chi connectivity index (χ0n) is 10.4. The van der Waals surface area contributed by atoms with Gasteiger partial charge in [0.1, 0.15) is 4.90 Å². The van der Waals surface area contributed by atoms with Crippen molar-refractivity contribution in [3.05, 3.63) is 27.2 Å². The van der Waals surface area contributed by atoms with Gasteiger partial charge in [0.15, 0.2) is 0 Å². The number of nitrogens with zero attached hydrogens (tertiary/aromatic N) is 1. The minimum atomic E-state index is -3.61. The normalized spacial score (nSPS) is 21.6. The van der Waals surface area contributed by atoms with E-state index in [2.05, 4.69) is 0 Å². The second-order valence-corrected chi connectivity index (χ2v) is 7.85. The van der Waals surface area contributed by atoms with Crippen LogP contribution in [0.15, 0.2) is 17.0 Å². The lowest BCUT2D eigenvalue weighted by Gasteiger charge is -2.30. The van der Waals surface area contributed by atoms with Crippen molar-refractivity contribution in [1.82, 2.24) is 4.31 Å². The van der Waals surface area contributed by atoms with Crippen molar-refractivity contribution < 1.29 is 8.42 Å². The first-order chi connectivity index (χ1) is 8.84. The lowest BCUT2D eigenvalue weighted by molar-refractivity contribution is 0.281. The summed E-state index contributed by atoms with van der Waals surface area (Å²) in [5, 5.41) is 0.319. The van der Waals surface area contributed by atoms with E-state index in [-0.39, 0.29) is 20.0 Å². The van der Waals surface area contributed by atoms with Gasteiger partial charge in [-0.25, -0.2) is 8.42 Å². The fourth-order valence-corrected chi connectivity index (χ4v) is 4.76. The number of hydrogen-bond donors (Lipinski definition) is 0. The van der Waals surface area contributed by atoms with E-state index in [9.17, 15) is 8.42 Å². The van der Waals surface area contributed by atoms with Gasteiger partial charge in [0, 0.05) is 13.1 Å². The fourth-order valence-electron chi connectivity index (χ4n) is 2.21. The van der Waals surface area contributed by atoms with Gasteiger partial charge in [-0.15, -0.1) is 0 Å². The average Bonchev–Trinajstić information content (AvgIpc) is 2.36. The molecule has 7 heteroatoms. The van der Waals surface area contributed by atoms with Gasteiger partial charge >= 0.3 is 0 Å². The summed E-state index contributed by atoms with van der Waals surface area (Å²) >= 11 is 17.7. The van der Waals surface area contributed by atoms with E-state index in [1.165, 1.54) is 16.4 Å². The zero-order chi connectivity index (χ0) is 14.2. The fraction of sp³-hybridized carbons (Fsp3) is 0.500. The van der Waals surface area contributed by atoms with Crippen LogP contribution in [0.25, 0.3) is 0 Å². The van der Waals surface area contributed by atoms with Crippen LogP contribution < -0.4 is 0 Å². The number of benzene rings is 1. The van der Waals surface area contributed by atoms with E-state index >= 15 is 0 Å². The topological polar surface area (TPSA) is 37.4 Å². The van der Waals surface area contributed by atoms with Gasteiger partial charge in [-0.1, -0.05) is 41.7 Å². The molecule has 106 valence electrons. The van der Waals surface area contributed by atoms with E-state index in [0.717, 1.165) is 12.8 Å². The summed E-state index contributed by atoms with van der Waals surface area (Å²) < 4.78 is 26.6. The summed E-state index contributed by atoms with van der Waals surface area (Å²) in [5.74, 6) is 0.352. The Balaban J connectivity index is 2.42. The molecule has 0 aromatic heterocycles. The third-order valence-electron chi connectivity index (χ3n) is 3.24. The Kier molecular flexibility index (Phi) is 4.68. The first-order valence-corrected chi connectivity index (χ1v) is 8.55. The highest BCUT2D eigenvalue weighted by atomic mass is 35.5. The Labute approximate surface area is 128 Å². The number of piperidine rings is 1. The maximum Gasteiger partial charge on any atom is 0.244 e. The van der Waals surface area contributed by atoms with Crippen molar-refractivity contribution >= 4 is 44.8 Å². The molecule has 1 aliphatic heterocycles. The van der Waals surface area contributed by atoms with Crippen molar-refractivity contribution in [1.29, 1.82) is 0 Å². The van der Waals surface area contributed by atoms with E-state index in [1.54, 1.807) is 0 Å². The van der Waals surface area contributed by atoms with E-state index < -0.39 is 10.0 Å². The summed E-state index contributed by atoms with van der Waals surface area (Å²) in [6, 6.07) is 2.86. The predicted molar refractivity (Wildman–Crippen MR) is 78.6 cm³/mol. The zero-order valence-corrected chi connectivity index (χ0v) is 13.5. The van der Waals surface area contributed by atoms with Gasteiger partial charge in [0.2, 0.25) is 10.0 Å². The van der Waals surface area contributed by atoms with Crippen LogP contribution in [0.3, 0.4) is 0 Å². The maximum atomic E-state index is 12.6. The number of rotatable bonds is 2. The molecule has 3 nitrogen and oxygen atoms in total. The van der Waals surface area contributed by atoms with Crippen LogP contribution in [-0.4, -0.2) is 25.8 Å². The lowest BCUT2D eigenvalue weighted by Crippen LogP contribution is -2.39. The third-order valence-corrected chi connectivity index (χ3v) is 6.55. The molecule has 1 saturated heterocycles. The molecule has 0 amide bonds. The first-order valence-electron chi connectivity index (χ1n) is 5.97. The summed E-state index contributed by atoms with van der Waals surface area (Å²) in [6.07, 6.45) is 1.90. The minimum absolute atomic E-state index is 0.00704. The molecule has 0 aliphatic carbocycles. The van der Waals surface area contributed by atoms with Crippen LogP contribution in [0.4, 0.5) is 0 Å². The maximum absolute atomic E-state index is 12.6. The Bertz CT molecular complexity index is 589. The molecule has 0 radical (unpaired) electrons. The molecule has 1 aliphatic rings. The monoisotopic (exact) mass is 341 g/mol. The van der Waals surface area contributed by atoms with Crippen molar-refractivity contribution in [2.75, 3.05) is 13.1 Å². The molecular formula is C12H14Cl3NO2S. The van der Waals surface area contributed by atoms with Crippen molar-refractivity contribution in [3.63, 3.8) is 0 Å². The Hall–Kier alpha value is -0.000000000000000167. The predicted octanol–water partition coefficient (Wildman–Crippen LogP) is 4.07. The molecule has 1 atom stereocenters. The number of hydrogen-bond acceptors (Lipinski definition) is 2. The van der Waals surface area contributed by atoms with Crippen LogP contribution in [0, 0.1) is 5.92 Å². The molecule has 0 spiro atoms. The molecule has 0 bridgehead atoms. The van der Waals surface area contributed by atoms with Gasteiger partial charge in [-0.05, 0) is 30.9 Å². The van der Waals surface area contributed by atoms with Gasteiger partial charge in [-0.2, -0.15) is 4.31 Å². The molecule has 2 rings (SSSR count). The van der Waals surface area contributed by atoms with Crippen LogP contribution in [0.5, 0.6) is 0 Å². The smallest absolute Gasteiger partial charge is 0.207 e. The highest BCUT2D eigenvalue weighted by Gasteiger charge is 2.31. The Morgan fingerprint density at radius 1 is 1.21 bits per heavy atom. The molecule has 1 heterocycles. The molecule has 1 aromatic rings. The minimum Gasteiger partial charge on any atom is -0.207 e. The standard InChI is InChI=1S/C12H14Cl3NO2S/c1-8-3-2-6-16(7-8)19(17,18)10-5-4-9(13)11(14)12(10)15/h4-5,8H,2-3,6-7H2,1H3/t8-/m1/s1. The van der Waals surface area contributed by atoms with Crippen molar-refractivity contribution in [3.8, 4) is 0 Å². The van der Waals surface area contributed by atoms with Crippen LogP contribution in [0.2, 0.25) is 15.1 Å². The van der Waals surface area contributed by atoms with E-state index in [0.29, 0.717) is 19.0 Å². The van der Waals surface area contributed by atoms with E-state index in [1.807, 2.05) is 6.92 Å².